The van der Waals surface area contributed by atoms with E-state index in [0.717, 1.165) is 16.8 Å². The molecule has 6 heteroatoms. The molecule has 6 nitrogen and oxygen atoms in total. The van der Waals surface area contributed by atoms with E-state index in [1.807, 2.05) is 47.0 Å². The lowest BCUT2D eigenvalue weighted by molar-refractivity contribution is 0.282. The summed E-state index contributed by atoms with van der Waals surface area (Å²) in [4.78, 5) is 8.87. The molecule has 2 aromatic heterocycles. The van der Waals surface area contributed by atoms with Crippen LogP contribution in [0.5, 0.6) is 0 Å². The van der Waals surface area contributed by atoms with Gasteiger partial charge in [-0.15, -0.1) is 0 Å². The Morgan fingerprint density at radius 3 is 2.62 bits per heavy atom. The molecule has 0 bridgehead atoms. The Hall–Kier alpha value is -3.69. The molecular weight excluding hydrogens is 326 g/mol. The summed E-state index contributed by atoms with van der Waals surface area (Å²) in [6, 6.07) is 18.8. The zero-order valence-corrected chi connectivity index (χ0v) is 13.8. The van der Waals surface area contributed by atoms with Gasteiger partial charge in [0, 0.05) is 11.9 Å². The maximum absolute atomic E-state index is 9.28. The van der Waals surface area contributed by atoms with Crippen molar-refractivity contribution in [1.29, 1.82) is 5.26 Å². The van der Waals surface area contributed by atoms with E-state index in [0.29, 0.717) is 28.3 Å². The first-order valence-electron chi connectivity index (χ1n) is 8.05. The lowest BCUT2D eigenvalue weighted by Gasteiger charge is -2.11. The molecule has 0 fully saturated rings. The van der Waals surface area contributed by atoms with E-state index < -0.39 is 0 Å². The predicted octanol–water partition coefficient (Wildman–Crippen LogP) is 3.03. The van der Waals surface area contributed by atoms with Crippen LogP contribution >= 0.6 is 0 Å². The van der Waals surface area contributed by atoms with Gasteiger partial charge in [0.2, 0.25) is 0 Å². The molecule has 0 unspecified atom stereocenters. The van der Waals surface area contributed by atoms with Crippen LogP contribution in [0.2, 0.25) is 0 Å². The summed E-state index contributed by atoms with van der Waals surface area (Å²) in [5.41, 5.74) is 10.6. The van der Waals surface area contributed by atoms with Gasteiger partial charge in [0.05, 0.1) is 34.8 Å². The Labute approximate surface area is 149 Å². The first-order valence-corrected chi connectivity index (χ1v) is 8.05. The van der Waals surface area contributed by atoms with Gasteiger partial charge >= 0.3 is 0 Å². The number of pyridine rings is 1. The third-order valence-corrected chi connectivity index (χ3v) is 4.24. The highest BCUT2D eigenvalue weighted by molar-refractivity contribution is 5.86. The van der Waals surface area contributed by atoms with Crippen molar-refractivity contribution in [3.8, 4) is 23.1 Å². The van der Waals surface area contributed by atoms with Crippen LogP contribution in [-0.2, 0) is 6.61 Å². The minimum atomic E-state index is -0.0150. The molecule has 0 saturated heterocycles. The van der Waals surface area contributed by atoms with Gasteiger partial charge in [-0.1, -0.05) is 12.1 Å². The lowest BCUT2D eigenvalue weighted by atomic mass is 10.2. The molecule has 0 aliphatic heterocycles. The summed E-state index contributed by atoms with van der Waals surface area (Å²) < 4.78 is 1.98. The topological polar surface area (TPSA) is 101 Å². The van der Waals surface area contributed by atoms with Crippen LogP contribution in [0.15, 0.2) is 60.8 Å². The van der Waals surface area contributed by atoms with Crippen LogP contribution < -0.4 is 5.73 Å². The Morgan fingerprint density at radius 1 is 1.12 bits per heavy atom. The second-order valence-corrected chi connectivity index (χ2v) is 5.85. The highest BCUT2D eigenvalue weighted by Crippen LogP contribution is 2.31. The summed E-state index contributed by atoms with van der Waals surface area (Å²) in [6.45, 7) is -0.0150. The number of hydrogen-bond donors (Lipinski definition) is 2. The molecule has 4 rings (SSSR count). The molecule has 0 aliphatic carbocycles. The summed E-state index contributed by atoms with van der Waals surface area (Å²) in [5.74, 6) is 1.04. The van der Waals surface area contributed by atoms with Gasteiger partial charge in [-0.3, -0.25) is 4.57 Å². The minimum Gasteiger partial charge on any atom is -0.392 e. The molecule has 2 aromatic carbocycles. The van der Waals surface area contributed by atoms with Gasteiger partial charge in [-0.05, 0) is 48.0 Å². The molecule has 3 N–H and O–H groups in total. The third kappa shape index (κ3) is 2.57. The van der Waals surface area contributed by atoms with Crippen LogP contribution in [0.3, 0.4) is 0 Å². The maximum Gasteiger partial charge on any atom is 0.149 e. The quantitative estimate of drug-likeness (QED) is 0.596. The fraction of sp³-hybridized carbons (Fsp3) is 0.0500. The third-order valence-electron chi connectivity index (χ3n) is 4.24. The number of fused-ring (bicyclic) bond motifs is 1. The predicted molar refractivity (Wildman–Crippen MR) is 99.4 cm³/mol. The van der Waals surface area contributed by atoms with Crippen molar-refractivity contribution < 1.29 is 5.11 Å². The number of aliphatic hydroxyl groups excluding tert-OH is 1. The number of nitrogen functional groups attached to an aromatic ring is 1. The van der Waals surface area contributed by atoms with Crippen LogP contribution in [0.25, 0.3) is 28.1 Å². The molecule has 126 valence electrons. The van der Waals surface area contributed by atoms with Crippen molar-refractivity contribution in [2.45, 2.75) is 6.61 Å². The van der Waals surface area contributed by atoms with Crippen molar-refractivity contribution in [1.82, 2.24) is 14.5 Å². The molecule has 4 aromatic rings. The van der Waals surface area contributed by atoms with Crippen LogP contribution in [0.4, 0.5) is 5.82 Å². The summed E-state index contributed by atoms with van der Waals surface area (Å²) >= 11 is 0. The average Bonchev–Trinajstić information content (AvgIpc) is 3.06. The van der Waals surface area contributed by atoms with Crippen molar-refractivity contribution >= 4 is 16.9 Å². The summed E-state index contributed by atoms with van der Waals surface area (Å²) in [6.07, 6.45) is 1.63. The SMILES string of the molecule is N#Cc1ccc2c(c1)nc(-c1cccnc1N)n2-c1ccc(CO)cc1. The molecular formula is C20H15N5O. The molecule has 0 atom stereocenters. The number of aromatic nitrogens is 3. The van der Waals surface area contributed by atoms with Gasteiger partial charge in [0.15, 0.2) is 0 Å². The monoisotopic (exact) mass is 341 g/mol. The molecule has 0 saturated carbocycles. The number of rotatable bonds is 3. The average molecular weight is 341 g/mol. The minimum absolute atomic E-state index is 0.0150. The standard InChI is InChI=1S/C20H15N5O/c21-11-14-5-8-18-17(10-14)24-20(16-2-1-9-23-19(16)22)25(18)15-6-3-13(12-26)4-7-15/h1-10,26H,12H2,(H2,22,23). The Morgan fingerprint density at radius 2 is 1.92 bits per heavy atom. The van der Waals surface area contributed by atoms with E-state index >= 15 is 0 Å². The first kappa shape index (κ1) is 15.8. The molecule has 26 heavy (non-hydrogen) atoms. The number of aliphatic hydroxyl groups is 1. The van der Waals surface area contributed by atoms with Gasteiger partial charge in [-0.2, -0.15) is 5.26 Å². The van der Waals surface area contributed by atoms with Crippen molar-refractivity contribution in [3.05, 3.63) is 71.9 Å². The molecule has 0 amide bonds. The van der Waals surface area contributed by atoms with Crippen LogP contribution in [0.1, 0.15) is 11.1 Å². The molecule has 0 spiro atoms. The number of benzene rings is 2. The Balaban J connectivity index is 2.03. The lowest BCUT2D eigenvalue weighted by Crippen LogP contribution is -2.01. The Kier molecular flexibility index (Phi) is 3.84. The number of imidazole rings is 1. The number of hydrogen-bond acceptors (Lipinski definition) is 5. The summed E-state index contributed by atoms with van der Waals surface area (Å²) in [5, 5.41) is 18.5. The van der Waals surface area contributed by atoms with E-state index in [2.05, 4.69) is 11.1 Å². The number of anilines is 1. The second kappa shape index (κ2) is 6.31. The van der Waals surface area contributed by atoms with E-state index in [4.69, 9.17) is 10.7 Å². The van der Waals surface area contributed by atoms with Gasteiger partial charge in [0.1, 0.15) is 11.6 Å². The molecule has 0 radical (unpaired) electrons. The van der Waals surface area contributed by atoms with Gasteiger partial charge in [-0.25, -0.2) is 9.97 Å². The summed E-state index contributed by atoms with van der Waals surface area (Å²) in [7, 11) is 0. The van der Waals surface area contributed by atoms with Crippen molar-refractivity contribution in [2.24, 2.45) is 0 Å². The first-order chi connectivity index (χ1) is 12.7. The van der Waals surface area contributed by atoms with Crippen molar-refractivity contribution in [2.75, 3.05) is 5.73 Å². The van der Waals surface area contributed by atoms with E-state index in [-0.39, 0.29) is 6.61 Å². The highest BCUT2D eigenvalue weighted by Gasteiger charge is 2.17. The highest BCUT2D eigenvalue weighted by atomic mass is 16.3. The maximum atomic E-state index is 9.28. The van der Waals surface area contributed by atoms with Crippen LogP contribution in [-0.4, -0.2) is 19.6 Å². The molecule has 2 heterocycles. The molecule has 0 aliphatic rings. The van der Waals surface area contributed by atoms with Crippen molar-refractivity contribution in [3.63, 3.8) is 0 Å². The van der Waals surface area contributed by atoms with E-state index in [1.165, 1.54) is 0 Å². The number of nitriles is 1. The largest absolute Gasteiger partial charge is 0.392 e. The number of nitrogens with two attached hydrogens (primary N) is 1. The second-order valence-electron chi connectivity index (χ2n) is 5.85. The normalized spacial score (nSPS) is 10.8. The van der Waals surface area contributed by atoms with Crippen LogP contribution in [0, 0.1) is 11.3 Å². The number of nitrogens with zero attached hydrogens (tertiary/aromatic N) is 4. The van der Waals surface area contributed by atoms with Gasteiger partial charge < -0.3 is 10.8 Å². The fourth-order valence-corrected chi connectivity index (χ4v) is 2.95. The van der Waals surface area contributed by atoms with E-state index in [9.17, 15) is 10.4 Å². The fourth-order valence-electron chi connectivity index (χ4n) is 2.95. The zero-order valence-electron chi connectivity index (χ0n) is 13.8. The van der Waals surface area contributed by atoms with Gasteiger partial charge in [0.25, 0.3) is 0 Å². The zero-order chi connectivity index (χ0) is 18.1. The van der Waals surface area contributed by atoms with E-state index in [1.54, 1.807) is 18.3 Å². The Bertz CT molecular complexity index is 1140. The smallest absolute Gasteiger partial charge is 0.149 e.